The first kappa shape index (κ1) is 21.9. The van der Waals surface area contributed by atoms with Crippen LogP contribution in [0.3, 0.4) is 0 Å². The van der Waals surface area contributed by atoms with Gasteiger partial charge in [-0.05, 0) is 42.7 Å². The predicted molar refractivity (Wildman–Crippen MR) is 110 cm³/mol. The molecule has 29 heavy (non-hydrogen) atoms. The highest BCUT2D eigenvalue weighted by molar-refractivity contribution is 5.91. The molecule has 2 aromatic rings. The highest BCUT2D eigenvalue weighted by Crippen LogP contribution is 2.38. The van der Waals surface area contributed by atoms with Crippen LogP contribution in [0.1, 0.15) is 24.8 Å². The molecule has 0 radical (unpaired) electrons. The smallest absolute Gasteiger partial charge is 0.224 e. The normalized spacial score (nSPS) is 10.0. The molecule has 0 spiro atoms. The van der Waals surface area contributed by atoms with Gasteiger partial charge in [0.2, 0.25) is 11.7 Å². The number of anilines is 1. The van der Waals surface area contributed by atoms with Crippen LogP contribution < -0.4 is 24.3 Å². The number of aryl methyl sites for hydroxylation is 1. The van der Waals surface area contributed by atoms with Crippen molar-refractivity contribution < 1.29 is 23.7 Å². The van der Waals surface area contributed by atoms with E-state index in [0.717, 1.165) is 5.56 Å². The van der Waals surface area contributed by atoms with Crippen LogP contribution in [-0.4, -0.2) is 33.8 Å². The van der Waals surface area contributed by atoms with Crippen molar-refractivity contribution >= 4 is 11.6 Å². The molecule has 0 aliphatic heterocycles. The zero-order valence-corrected chi connectivity index (χ0v) is 17.0. The maximum absolute atomic E-state index is 12.4. The third-order valence-corrected chi connectivity index (χ3v) is 4.18. The number of unbranched alkanes of at least 4 members (excludes halogenated alkanes) is 1. The summed E-state index contributed by atoms with van der Waals surface area (Å²) in [6.07, 6.45) is 1.94. The van der Waals surface area contributed by atoms with Gasteiger partial charge in [-0.25, -0.2) is 0 Å². The molecule has 0 unspecified atom stereocenters. The Labute approximate surface area is 171 Å². The zero-order chi connectivity index (χ0) is 21.1. The highest BCUT2D eigenvalue weighted by Gasteiger charge is 2.14. The van der Waals surface area contributed by atoms with E-state index < -0.39 is 0 Å². The molecule has 0 atom stereocenters. The first-order chi connectivity index (χ1) is 14.1. The number of rotatable bonds is 11. The van der Waals surface area contributed by atoms with E-state index >= 15 is 0 Å². The van der Waals surface area contributed by atoms with Crippen LogP contribution >= 0.6 is 0 Å². The van der Waals surface area contributed by atoms with Gasteiger partial charge in [0.1, 0.15) is 5.75 Å². The first-order valence-corrected chi connectivity index (χ1v) is 9.29. The van der Waals surface area contributed by atoms with Gasteiger partial charge in [0.05, 0.1) is 34.0 Å². The minimum Gasteiger partial charge on any atom is -0.493 e. The lowest BCUT2D eigenvalue weighted by atomic mass is 10.1. The fourth-order valence-corrected chi connectivity index (χ4v) is 2.77. The van der Waals surface area contributed by atoms with Crippen LogP contribution in [0.4, 0.5) is 5.69 Å². The summed E-state index contributed by atoms with van der Waals surface area (Å²) in [5, 5.41) is 11.4. The molecular formula is C22H26N2O5. The van der Waals surface area contributed by atoms with E-state index in [1.54, 1.807) is 33.5 Å². The van der Waals surface area contributed by atoms with Crippen LogP contribution in [0.15, 0.2) is 36.4 Å². The molecule has 0 aliphatic rings. The minimum atomic E-state index is -0.111. The number of nitrogens with zero attached hydrogens (tertiary/aromatic N) is 1. The Bertz CT molecular complexity index is 836. The Morgan fingerprint density at radius 3 is 2.41 bits per heavy atom. The lowest BCUT2D eigenvalue weighted by Crippen LogP contribution is -2.12. The number of carbonyl (C=O) groups is 1. The monoisotopic (exact) mass is 398 g/mol. The third kappa shape index (κ3) is 6.61. The molecule has 0 aliphatic carbocycles. The molecular weight excluding hydrogens is 372 g/mol. The minimum absolute atomic E-state index is 0.111. The third-order valence-electron chi connectivity index (χ3n) is 4.18. The van der Waals surface area contributed by atoms with Gasteiger partial charge >= 0.3 is 0 Å². The molecule has 1 amide bonds. The van der Waals surface area contributed by atoms with Crippen molar-refractivity contribution in [3.8, 4) is 29.1 Å². The number of benzene rings is 2. The summed E-state index contributed by atoms with van der Waals surface area (Å²) >= 11 is 0. The average Bonchev–Trinajstić information content (AvgIpc) is 2.74. The molecule has 1 N–H and O–H groups in total. The SMILES string of the molecule is COc1cc(CCC(=O)Nc2cccc(OCCCC#N)c2)cc(OC)c1OC. The van der Waals surface area contributed by atoms with Crippen LogP contribution in [0.25, 0.3) is 0 Å². The van der Waals surface area contributed by atoms with Gasteiger partial charge in [0.25, 0.3) is 0 Å². The summed E-state index contributed by atoms with van der Waals surface area (Å²) in [5.41, 5.74) is 1.57. The van der Waals surface area contributed by atoms with Crippen molar-refractivity contribution in [3.05, 3.63) is 42.0 Å². The number of nitrogens with one attached hydrogen (secondary N) is 1. The molecule has 2 rings (SSSR count). The predicted octanol–water partition coefficient (Wildman–Crippen LogP) is 3.97. The molecule has 0 aromatic heterocycles. The van der Waals surface area contributed by atoms with Gasteiger partial charge in [0, 0.05) is 24.6 Å². The number of hydrogen-bond acceptors (Lipinski definition) is 6. The second-order valence-electron chi connectivity index (χ2n) is 6.22. The van der Waals surface area contributed by atoms with Gasteiger partial charge in [-0.3, -0.25) is 4.79 Å². The van der Waals surface area contributed by atoms with Crippen molar-refractivity contribution in [2.45, 2.75) is 25.7 Å². The van der Waals surface area contributed by atoms with Crippen LogP contribution in [0, 0.1) is 11.3 Å². The summed E-state index contributed by atoms with van der Waals surface area (Å²) in [7, 11) is 4.67. The molecule has 0 saturated heterocycles. The first-order valence-electron chi connectivity index (χ1n) is 9.29. The Balaban J connectivity index is 1.94. The van der Waals surface area contributed by atoms with E-state index in [1.165, 1.54) is 0 Å². The molecule has 7 nitrogen and oxygen atoms in total. The number of ether oxygens (including phenoxy) is 4. The van der Waals surface area contributed by atoms with E-state index in [4.69, 9.17) is 24.2 Å². The maximum Gasteiger partial charge on any atom is 0.224 e. The summed E-state index contributed by atoms with van der Waals surface area (Å²) in [4.78, 5) is 12.4. The van der Waals surface area contributed by atoms with Gasteiger partial charge in [-0.1, -0.05) is 6.07 Å². The number of carbonyl (C=O) groups excluding carboxylic acids is 1. The number of amides is 1. The standard InChI is InChI=1S/C22H26N2O5/c1-26-19-13-16(14-20(27-2)22(19)28-3)9-10-21(25)24-17-7-6-8-18(15-17)29-12-5-4-11-23/h6-8,13-15H,4-5,9-10,12H2,1-3H3,(H,24,25). The fraction of sp³-hybridized carbons (Fsp3) is 0.364. The second kappa shape index (κ2) is 11.4. The Kier molecular flexibility index (Phi) is 8.64. The van der Waals surface area contributed by atoms with E-state index in [2.05, 4.69) is 11.4 Å². The fourth-order valence-electron chi connectivity index (χ4n) is 2.77. The lowest BCUT2D eigenvalue weighted by Gasteiger charge is -2.14. The molecule has 154 valence electrons. The Morgan fingerprint density at radius 2 is 1.79 bits per heavy atom. The molecule has 0 bridgehead atoms. The summed E-state index contributed by atoms with van der Waals surface area (Å²) in [5.74, 6) is 2.19. The lowest BCUT2D eigenvalue weighted by molar-refractivity contribution is -0.116. The largest absolute Gasteiger partial charge is 0.493 e. The van der Waals surface area contributed by atoms with Crippen LogP contribution in [0.2, 0.25) is 0 Å². The Hall–Kier alpha value is -3.40. The van der Waals surface area contributed by atoms with Crippen LogP contribution in [-0.2, 0) is 11.2 Å². The van der Waals surface area contributed by atoms with Crippen molar-refractivity contribution in [2.75, 3.05) is 33.3 Å². The number of methoxy groups -OCH3 is 3. The number of hydrogen-bond donors (Lipinski definition) is 1. The van der Waals surface area contributed by atoms with Crippen molar-refractivity contribution in [3.63, 3.8) is 0 Å². The maximum atomic E-state index is 12.4. The van der Waals surface area contributed by atoms with Crippen molar-refractivity contribution in [1.82, 2.24) is 0 Å². The highest BCUT2D eigenvalue weighted by atomic mass is 16.5. The van der Waals surface area contributed by atoms with Gasteiger partial charge < -0.3 is 24.3 Å². The second-order valence-corrected chi connectivity index (χ2v) is 6.22. The van der Waals surface area contributed by atoms with Gasteiger partial charge in [-0.2, -0.15) is 5.26 Å². The molecule has 2 aromatic carbocycles. The molecule has 0 fully saturated rings. The van der Waals surface area contributed by atoms with E-state index in [-0.39, 0.29) is 5.91 Å². The van der Waals surface area contributed by atoms with E-state index in [1.807, 2.05) is 24.3 Å². The molecule has 0 heterocycles. The zero-order valence-electron chi connectivity index (χ0n) is 17.0. The Morgan fingerprint density at radius 1 is 1.07 bits per heavy atom. The van der Waals surface area contributed by atoms with Crippen molar-refractivity contribution in [1.29, 1.82) is 5.26 Å². The van der Waals surface area contributed by atoms with Gasteiger partial charge in [-0.15, -0.1) is 0 Å². The molecule has 0 saturated carbocycles. The van der Waals surface area contributed by atoms with Crippen LogP contribution in [0.5, 0.6) is 23.0 Å². The molecule has 7 heteroatoms. The number of nitriles is 1. The average molecular weight is 398 g/mol. The summed E-state index contributed by atoms with van der Waals surface area (Å²) in [6.45, 7) is 0.464. The summed E-state index contributed by atoms with van der Waals surface area (Å²) in [6, 6.07) is 13.0. The van der Waals surface area contributed by atoms with Crippen molar-refractivity contribution in [2.24, 2.45) is 0 Å². The van der Waals surface area contributed by atoms with E-state index in [0.29, 0.717) is 61.0 Å². The van der Waals surface area contributed by atoms with E-state index in [9.17, 15) is 4.79 Å². The quantitative estimate of drug-likeness (QED) is 0.576. The topological polar surface area (TPSA) is 89.8 Å². The summed E-state index contributed by atoms with van der Waals surface area (Å²) < 4.78 is 21.6. The van der Waals surface area contributed by atoms with Gasteiger partial charge in [0.15, 0.2) is 11.5 Å².